The molecule has 0 spiro atoms. The van der Waals surface area contributed by atoms with Gasteiger partial charge in [-0.2, -0.15) is 0 Å². The Bertz CT molecular complexity index is 1250. The topological polar surface area (TPSA) is 0 Å². The summed E-state index contributed by atoms with van der Waals surface area (Å²) in [7, 11) is 0. The zero-order chi connectivity index (χ0) is 18.2. The summed E-state index contributed by atoms with van der Waals surface area (Å²) >= 11 is 0. The van der Waals surface area contributed by atoms with Crippen LogP contribution in [0.1, 0.15) is 5.56 Å². The first-order chi connectivity index (χ1) is 13.3. The van der Waals surface area contributed by atoms with Crippen molar-refractivity contribution in [3.63, 3.8) is 0 Å². The van der Waals surface area contributed by atoms with Crippen molar-refractivity contribution in [1.29, 1.82) is 0 Å². The number of rotatable bonds is 2. The summed E-state index contributed by atoms with van der Waals surface area (Å²) in [4.78, 5) is 0. The van der Waals surface area contributed by atoms with Crippen LogP contribution in [0.4, 0.5) is 0 Å². The summed E-state index contributed by atoms with van der Waals surface area (Å²) in [6.45, 7) is 2.22. The van der Waals surface area contributed by atoms with Gasteiger partial charge in [0.15, 0.2) is 0 Å². The fraction of sp³-hybridized carbons (Fsp3) is 0.0370. The van der Waals surface area contributed by atoms with Crippen molar-refractivity contribution in [1.82, 2.24) is 0 Å². The van der Waals surface area contributed by atoms with Crippen LogP contribution in [0.15, 0.2) is 103 Å². The van der Waals surface area contributed by atoms with Crippen molar-refractivity contribution >= 4 is 21.5 Å². The Hall–Kier alpha value is -3.38. The zero-order valence-electron chi connectivity index (χ0n) is 15.3. The highest BCUT2D eigenvalue weighted by Crippen LogP contribution is 2.41. The SMILES string of the molecule is Cc1cc(-c2ccccc2)c(-c2ccccc2)c2cc3ccccc3cc12. The predicted molar refractivity (Wildman–Crippen MR) is 117 cm³/mol. The molecule has 0 aromatic heterocycles. The average Bonchev–Trinajstić information content (AvgIpc) is 2.74. The van der Waals surface area contributed by atoms with Crippen molar-refractivity contribution in [3.05, 3.63) is 109 Å². The summed E-state index contributed by atoms with van der Waals surface area (Å²) in [6, 6.07) is 37.1. The minimum Gasteiger partial charge on any atom is -0.0622 e. The van der Waals surface area contributed by atoms with E-state index >= 15 is 0 Å². The molecule has 0 atom stereocenters. The zero-order valence-corrected chi connectivity index (χ0v) is 15.3. The standard InChI is InChI=1S/C27H20/c1-19-16-25(20-10-4-2-5-11-20)27(21-12-6-3-7-13-21)26-18-23-15-9-8-14-22(23)17-24(19)26/h2-18H,1H3. The highest BCUT2D eigenvalue weighted by Gasteiger charge is 2.14. The molecule has 0 heteroatoms. The van der Waals surface area contributed by atoms with E-state index in [1.165, 1.54) is 49.4 Å². The lowest BCUT2D eigenvalue weighted by Crippen LogP contribution is -1.91. The molecule has 5 aromatic rings. The molecule has 0 saturated heterocycles. The second kappa shape index (κ2) is 6.41. The van der Waals surface area contributed by atoms with Crippen molar-refractivity contribution in [2.24, 2.45) is 0 Å². The fourth-order valence-corrected chi connectivity index (χ4v) is 4.05. The van der Waals surface area contributed by atoms with Crippen LogP contribution in [-0.4, -0.2) is 0 Å². The van der Waals surface area contributed by atoms with E-state index in [1.54, 1.807) is 0 Å². The molecule has 0 unspecified atom stereocenters. The molecule has 0 aliphatic carbocycles. The van der Waals surface area contributed by atoms with Crippen LogP contribution in [0.25, 0.3) is 43.8 Å². The second-order valence-electron chi connectivity index (χ2n) is 7.09. The van der Waals surface area contributed by atoms with Gasteiger partial charge in [0, 0.05) is 0 Å². The van der Waals surface area contributed by atoms with Crippen LogP contribution >= 0.6 is 0 Å². The Morgan fingerprint density at radius 2 is 1.00 bits per heavy atom. The summed E-state index contributed by atoms with van der Waals surface area (Å²) in [5.74, 6) is 0. The lowest BCUT2D eigenvalue weighted by Gasteiger charge is -2.17. The van der Waals surface area contributed by atoms with Gasteiger partial charge < -0.3 is 0 Å². The third-order valence-electron chi connectivity index (χ3n) is 5.36. The minimum atomic E-state index is 1.26. The maximum atomic E-state index is 2.35. The Balaban J connectivity index is 1.96. The molecule has 128 valence electrons. The van der Waals surface area contributed by atoms with Gasteiger partial charge in [-0.3, -0.25) is 0 Å². The van der Waals surface area contributed by atoms with E-state index < -0.39 is 0 Å². The predicted octanol–water partition coefficient (Wildman–Crippen LogP) is 7.64. The normalized spacial score (nSPS) is 11.1. The largest absolute Gasteiger partial charge is 0.0622 e. The van der Waals surface area contributed by atoms with E-state index in [9.17, 15) is 0 Å². The molecule has 5 aromatic carbocycles. The number of hydrogen-bond donors (Lipinski definition) is 0. The molecule has 0 radical (unpaired) electrons. The monoisotopic (exact) mass is 344 g/mol. The molecule has 0 fully saturated rings. The molecule has 0 N–H and O–H groups in total. The molecule has 0 nitrogen and oxygen atoms in total. The Morgan fingerprint density at radius 3 is 1.63 bits per heavy atom. The molecule has 27 heavy (non-hydrogen) atoms. The molecular formula is C27H20. The summed E-state index contributed by atoms with van der Waals surface area (Å²) < 4.78 is 0. The van der Waals surface area contributed by atoms with Crippen molar-refractivity contribution < 1.29 is 0 Å². The van der Waals surface area contributed by atoms with Gasteiger partial charge in [-0.15, -0.1) is 0 Å². The highest BCUT2D eigenvalue weighted by molar-refractivity contribution is 6.10. The molecule has 0 amide bonds. The van der Waals surface area contributed by atoms with Gasteiger partial charge in [-0.1, -0.05) is 91.0 Å². The van der Waals surface area contributed by atoms with E-state index in [0.717, 1.165) is 0 Å². The highest BCUT2D eigenvalue weighted by atomic mass is 14.2. The Labute approximate surface area is 159 Å². The lowest BCUT2D eigenvalue weighted by molar-refractivity contribution is 1.51. The van der Waals surface area contributed by atoms with Crippen LogP contribution in [0, 0.1) is 6.92 Å². The summed E-state index contributed by atoms with van der Waals surface area (Å²) in [5, 5.41) is 5.22. The van der Waals surface area contributed by atoms with E-state index in [0.29, 0.717) is 0 Å². The van der Waals surface area contributed by atoms with Crippen LogP contribution in [0.5, 0.6) is 0 Å². The van der Waals surface area contributed by atoms with Crippen LogP contribution in [-0.2, 0) is 0 Å². The van der Waals surface area contributed by atoms with Crippen LogP contribution < -0.4 is 0 Å². The van der Waals surface area contributed by atoms with E-state index in [4.69, 9.17) is 0 Å². The maximum Gasteiger partial charge on any atom is -0.00264 e. The van der Waals surface area contributed by atoms with E-state index in [2.05, 4.69) is 110 Å². The molecule has 5 rings (SSSR count). The first-order valence-corrected chi connectivity index (χ1v) is 9.38. The Morgan fingerprint density at radius 1 is 0.481 bits per heavy atom. The minimum absolute atomic E-state index is 1.26. The van der Waals surface area contributed by atoms with E-state index in [-0.39, 0.29) is 0 Å². The number of hydrogen-bond acceptors (Lipinski definition) is 0. The van der Waals surface area contributed by atoms with Gasteiger partial charge >= 0.3 is 0 Å². The maximum absolute atomic E-state index is 2.35. The Kier molecular flexibility index (Phi) is 3.76. The van der Waals surface area contributed by atoms with Crippen LogP contribution in [0.3, 0.4) is 0 Å². The van der Waals surface area contributed by atoms with Gasteiger partial charge in [0.25, 0.3) is 0 Å². The van der Waals surface area contributed by atoms with Crippen LogP contribution in [0.2, 0.25) is 0 Å². The average molecular weight is 344 g/mol. The third kappa shape index (κ3) is 2.71. The van der Waals surface area contributed by atoms with Gasteiger partial charge in [0.1, 0.15) is 0 Å². The quantitative estimate of drug-likeness (QED) is 0.289. The van der Waals surface area contributed by atoms with Crippen molar-refractivity contribution in [2.45, 2.75) is 6.92 Å². The number of aryl methyl sites for hydroxylation is 1. The summed E-state index contributed by atoms with van der Waals surface area (Å²) in [5.41, 5.74) is 6.44. The van der Waals surface area contributed by atoms with Gasteiger partial charge in [0.05, 0.1) is 0 Å². The van der Waals surface area contributed by atoms with E-state index in [1.807, 2.05) is 0 Å². The number of fused-ring (bicyclic) bond motifs is 2. The first kappa shape index (κ1) is 15.8. The molecule has 0 bridgehead atoms. The fourth-order valence-electron chi connectivity index (χ4n) is 4.05. The molecule has 0 aliphatic heterocycles. The third-order valence-corrected chi connectivity index (χ3v) is 5.36. The van der Waals surface area contributed by atoms with Crippen molar-refractivity contribution in [3.8, 4) is 22.3 Å². The smallest absolute Gasteiger partial charge is 0.00264 e. The first-order valence-electron chi connectivity index (χ1n) is 9.38. The molecular weight excluding hydrogens is 324 g/mol. The second-order valence-corrected chi connectivity index (χ2v) is 7.09. The van der Waals surface area contributed by atoms with Gasteiger partial charge in [-0.05, 0) is 68.4 Å². The molecule has 0 heterocycles. The van der Waals surface area contributed by atoms with Gasteiger partial charge in [0.2, 0.25) is 0 Å². The molecule has 0 saturated carbocycles. The van der Waals surface area contributed by atoms with Crippen molar-refractivity contribution in [2.75, 3.05) is 0 Å². The number of benzene rings is 5. The van der Waals surface area contributed by atoms with Gasteiger partial charge in [-0.25, -0.2) is 0 Å². The summed E-state index contributed by atoms with van der Waals surface area (Å²) in [6.07, 6.45) is 0. The lowest BCUT2D eigenvalue weighted by atomic mass is 9.86. The molecule has 0 aliphatic rings.